The van der Waals surface area contributed by atoms with Gasteiger partial charge in [-0.1, -0.05) is 176 Å². The zero-order chi connectivity index (χ0) is 30.5. The topological polar surface area (TPSA) is 0 Å². The van der Waals surface area contributed by atoms with Gasteiger partial charge in [0, 0.05) is 0 Å². The van der Waals surface area contributed by atoms with Gasteiger partial charge < -0.3 is 0 Å². The molecule has 0 saturated carbocycles. The van der Waals surface area contributed by atoms with Crippen LogP contribution in [0.2, 0.25) is 0 Å². The highest BCUT2D eigenvalue weighted by Gasteiger charge is 2.20. The second-order valence-electron chi connectivity index (χ2n) is 12.0. The summed E-state index contributed by atoms with van der Waals surface area (Å²) in [6, 6.07) is 66.6. The highest BCUT2D eigenvalue weighted by molar-refractivity contribution is 6.23. The summed E-state index contributed by atoms with van der Waals surface area (Å²) in [6.45, 7) is 0. The van der Waals surface area contributed by atoms with Gasteiger partial charge in [0.25, 0.3) is 0 Å². The minimum absolute atomic E-state index is 1.23. The highest BCUT2D eigenvalue weighted by Crippen LogP contribution is 2.47. The van der Waals surface area contributed by atoms with Gasteiger partial charge in [-0.15, -0.1) is 0 Å². The quantitative estimate of drug-likeness (QED) is 0.181. The van der Waals surface area contributed by atoms with E-state index >= 15 is 0 Å². The molecule has 9 rings (SSSR count). The number of fused-ring (bicyclic) bond motifs is 4. The molecule has 0 bridgehead atoms. The molecular formula is C46H30. The Labute approximate surface area is 268 Å². The van der Waals surface area contributed by atoms with E-state index in [-0.39, 0.29) is 0 Å². The van der Waals surface area contributed by atoms with Crippen LogP contribution in [0.15, 0.2) is 182 Å². The Morgan fingerprint density at radius 3 is 1.41 bits per heavy atom. The first-order chi connectivity index (χ1) is 22.8. The van der Waals surface area contributed by atoms with Crippen molar-refractivity contribution in [2.75, 3.05) is 0 Å². The lowest BCUT2D eigenvalue weighted by Gasteiger charge is -2.21. The fraction of sp³-hybridized carbons (Fsp3) is 0. The molecule has 0 unspecified atom stereocenters. The van der Waals surface area contributed by atoms with Crippen LogP contribution in [-0.2, 0) is 0 Å². The van der Waals surface area contributed by atoms with Gasteiger partial charge in [-0.2, -0.15) is 0 Å². The summed E-state index contributed by atoms with van der Waals surface area (Å²) in [6.07, 6.45) is 0. The predicted octanol–water partition coefficient (Wildman–Crippen LogP) is 13.0. The monoisotopic (exact) mass is 582 g/mol. The first-order valence-corrected chi connectivity index (χ1v) is 15.9. The van der Waals surface area contributed by atoms with Crippen LogP contribution < -0.4 is 0 Å². The Bertz CT molecular complexity index is 2560. The fourth-order valence-electron chi connectivity index (χ4n) is 7.43. The fourth-order valence-corrected chi connectivity index (χ4v) is 7.43. The summed E-state index contributed by atoms with van der Waals surface area (Å²) in [5.74, 6) is 0. The summed E-state index contributed by atoms with van der Waals surface area (Å²) in [5.41, 5.74) is 10.0. The summed E-state index contributed by atoms with van der Waals surface area (Å²) < 4.78 is 0. The van der Waals surface area contributed by atoms with Gasteiger partial charge in [0.1, 0.15) is 0 Å². The first kappa shape index (κ1) is 26.4. The van der Waals surface area contributed by atoms with Crippen LogP contribution in [0.1, 0.15) is 0 Å². The molecule has 0 fully saturated rings. The Morgan fingerprint density at radius 2 is 0.696 bits per heavy atom. The minimum Gasteiger partial charge on any atom is -0.0622 e. The van der Waals surface area contributed by atoms with E-state index in [0.717, 1.165) is 0 Å². The van der Waals surface area contributed by atoms with Crippen LogP contribution >= 0.6 is 0 Å². The van der Waals surface area contributed by atoms with Gasteiger partial charge in [-0.05, 0) is 93.7 Å². The lowest BCUT2D eigenvalue weighted by atomic mass is 9.82. The zero-order valence-corrected chi connectivity index (χ0v) is 25.3. The Morgan fingerprint density at radius 1 is 0.217 bits per heavy atom. The summed E-state index contributed by atoms with van der Waals surface area (Å²) in [5, 5.41) is 10.1. The van der Waals surface area contributed by atoms with Gasteiger partial charge >= 0.3 is 0 Å². The molecular weight excluding hydrogens is 553 g/mol. The smallest absolute Gasteiger partial charge is 0.00201 e. The molecule has 0 N–H and O–H groups in total. The maximum Gasteiger partial charge on any atom is -0.00201 e. The van der Waals surface area contributed by atoms with Crippen molar-refractivity contribution >= 4 is 43.1 Å². The molecule has 0 spiro atoms. The standard InChI is InChI=1S/C46H30/c1-2-16-33(17-3-1)45-41-24-10-11-25-42(41)46(40-23-9-8-22-39(40)38-27-13-19-32-15-5-7-21-36(32)38)43-29-28-34(30-44(43)45)37-26-12-18-31-14-4-6-20-35(31)37/h1-30H. The van der Waals surface area contributed by atoms with E-state index in [9.17, 15) is 0 Å². The summed E-state index contributed by atoms with van der Waals surface area (Å²) >= 11 is 0. The van der Waals surface area contributed by atoms with Gasteiger partial charge in [-0.3, -0.25) is 0 Å². The molecule has 0 radical (unpaired) electrons. The minimum atomic E-state index is 1.23. The normalized spacial score (nSPS) is 11.5. The number of hydrogen-bond donors (Lipinski definition) is 0. The van der Waals surface area contributed by atoms with Gasteiger partial charge in [-0.25, -0.2) is 0 Å². The van der Waals surface area contributed by atoms with E-state index in [2.05, 4.69) is 182 Å². The molecule has 0 heteroatoms. The number of hydrogen-bond acceptors (Lipinski definition) is 0. The van der Waals surface area contributed by atoms with E-state index in [0.29, 0.717) is 0 Å². The van der Waals surface area contributed by atoms with Crippen molar-refractivity contribution < 1.29 is 0 Å². The van der Waals surface area contributed by atoms with Crippen molar-refractivity contribution in [1.82, 2.24) is 0 Å². The molecule has 0 atom stereocenters. The van der Waals surface area contributed by atoms with E-state index in [4.69, 9.17) is 0 Å². The summed E-state index contributed by atoms with van der Waals surface area (Å²) in [4.78, 5) is 0. The third-order valence-corrected chi connectivity index (χ3v) is 9.46. The van der Waals surface area contributed by atoms with Crippen LogP contribution in [-0.4, -0.2) is 0 Å². The predicted molar refractivity (Wildman–Crippen MR) is 198 cm³/mol. The van der Waals surface area contributed by atoms with Crippen molar-refractivity contribution in [3.63, 3.8) is 0 Å². The van der Waals surface area contributed by atoms with Crippen molar-refractivity contribution in [3.8, 4) is 44.5 Å². The second-order valence-corrected chi connectivity index (χ2v) is 12.0. The molecule has 0 aromatic heterocycles. The second kappa shape index (κ2) is 10.9. The molecule has 0 nitrogen and oxygen atoms in total. The lowest BCUT2D eigenvalue weighted by molar-refractivity contribution is 1.62. The molecule has 0 aliphatic heterocycles. The maximum atomic E-state index is 2.43. The summed E-state index contributed by atoms with van der Waals surface area (Å²) in [7, 11) is 0. The van der Waals surface area contributed by atoms with E-state index in [1.165, 1.54) is 87.6 Å². The van der Waals surface area contributed by atoms with Crippen LogP contribution in [0.3, 0.4) is 0 Å². The molecule has 0 amide bonds. The van der Waals surface area contributed by atoms with Crippen molar-refractivity contribution in [1.29, 1.82) is 0 Å². The van der Waals surface area contributed by atoms with Crippen LogP contribution in [0.4, 0.5) is 0 Å². The molecule has 0 aliphatic carbocycles. The maximum absolute atomic E-state index is 2.43. The average molecular weight is 583 g/mol. The average Bonchev–Trinajstić information content (AvgIpc) is 3.13. The molecule has 9 aromatic carbocycles. The Hall–Kier alpha value is -5.98. The third-order valence-electron chi connectivity index (χ3n) is 9.46. The highest BCUT2D eigenvalue weighted by atomic mass is 14.2. The van der Waals surface area contributed by atoms with Gasteiger partial charge in [0.05, 0.1) is 0 Å². The molecule has 46 heavy (non-hydrogen) atoms. The number of benzene rings is 9. The lowest BCUT2D eigenvalue weighted by Crippen LogP contribution is -1.94. The SMILES string of the molecule is c1ccc(-c2c3ccccc3c(-c3ccccc3-c3cccc4ccccc34)c3ccc(-c4cccc5ccccc45)cc23)cc1. The Balaban J connectivity index is 1.42. The Kier molecular flexibility index (Phi) is 6.25. The molecule has 0 heterocycles. The number of rotatable bonds is 4. The molecule has 9 aromatic rings. The van der Waals surface area contributed by atoms with Crippen molar-refractivity contribution in [2.45, 2.75) is 0 Å². The van der Waals surface area contributed by atoms with Crippen LogP contribution in [0, 0.1) is 0 Å². The largest absolute Gasteiger partial charge is 0.0622 e. The van der Waals surface area contributed by atoms with Crippen molar-refractivity contribution in [2.24, 2.45) is 0 Å². The molecule has 0 saturated heterocycles. The zero-order valence-electron chi connectivity index (χ0n) is 25.3. The molecule has 0 aliphatic rings. The van der Waals surface area contributed by atoms with Crippen molar-refractivity contribution in [3.05, 3.63) is 182 Å². The van der Waals surface area contributed by atoms with Crippen LogP contribution in [0.5, 0.6) is 0 Å². The first-order valence-electron chi connectivity index (χ1n) is 15.9. The molecule has 214 valence electrons. The van der Waals surface area contributed by atoms with E-state index in [1.807, 2.05) is 0 Å². The van der Waals surface area contributed by atoms with E-state index in [1.54, 1.807) is 0 Å². The van der Waals surface area contributed by atoms with Gasteiger partial charge in [0.15, 0.2) is 0 Å². The third kappa shape index (κ3) is 4.23. The van der Waals surface area contributed by atoms with Crippen LogP contribution in [0.25, 0.3) is 87.6 Å². The van der Waals surface area contributed by atoms with E-state index < -0.39 is 0 Å². The van der Waals surface area contributed by atoms with Gasteiger partial charge in [0.2, 0.25) is 0 Å².